The van der Waals surface area contributed by atoms with Gasteiger partial charge in [-0.25, -0.2) is 0 Å². The van der Waals surface area contributed by atoms with Crippen molar-refractivity contribution in [2.24, 2.45) is 0 Å². The minimum absolute atomic E-state index is 0.0248. The molecule has 1 aliphatic rings. The predicted octanol–water partition coefficient (Wildman–Crippen LogP) is 3.27. The highest BCUT2D eigenvalue weighted by atomic mass is 32.1. The molecular formula is C16H19N3OS. The first-order chi connectivity index (χ1) is 10.2. The van der Waals surface area contributed by atoms with E-state index in [4.69, 9.17) is 0 Å². The second kappa shape index (κ2) is 5.85. The topological polar surface area (TPSA) is 45.2 Å². The minimum atomic E-state index is -0.0248. The third kappa shape index (κ3) is 2.78. The molecule has 0 aromatic carbocycles. The summed E-state index contributed by atoms with van der Waals surface area (Å²) in [6.45, 7) is 0. The molecule has 0 spiro atoms. The zero-order valence-corrected chi connectivity index (χ0v) is 13.1. The second-order valence-electron chi connectivity index (χ2n) is 5.52. The fraction of sp³-hybridized carbons (Fsp3) is 0.375. The lowest BCUT2D eigenvalue weighted by molar-refractivity contribution is -0.117. The molecule has 3 rings (SSSR count). The average Bonchev–Trinajstić information content (AvgIpc) is 2.95. The van der Waals surface area contributed by atoms with E-state index < -0.39 is 0 Å². The monoisotopic (exact) mass is 301 g/mol. The number of anilines is 2. The largest absolute Gasteiger partial charge is 0.375 e. The van der Waals surface area contributed by atoms with Crippen LogP contribution in [0.4, 0.5) is 11.4 Å². The number of hydrogen-bond donors (Lipinski definition) is 1. The molecule has 1 aliphatic carbocycles. The summed E-state index contributed by atoms with van der Waals surface area (Å²) < 4.78 is 0. The SMILES string of the molecule is CN(C)c1cnccc1NC(=O)[C@H]1CCCc2sccc21. The Morgan fingerprint density at radius 2 is 2.29 bits per heavy atom. The predicted molar refractivity (Wildman–Crippen MR) is 87.2 cm³/mol. The zero-order valence-electron chi connectivity index (χ0n) is 12.3. The van der Waals surface area contributed by atoms with Crippen molar-refractivity contribution in [2.45, 2.75) is 25.2 Å². The molecule has 0 radical (unpaired) electrons. The van der Waals surface area contributed by atoms with Crippen LogP contribution in [-0.2, 0) is 11.2 Å². The van der Waals surface area contributed by atoms with Crippen LogP contribution in [0.5, 0.6) is 0 Å². The van der Waals surface area contributed by atoms with E-state index in [1.807, 2.05) is 25.1 Å². The van der Waals surface area contributed by atoms with Crippen molar-refractivity contribution < 1.29 is 4.79 Å². The molecule has 4 nitrogen and oxygen atoms in total. The Kier molecular flexibility index (Phi) is 3.92. The number of thiophene rings is 1. The van der Waals surface area contributed by atoms with Crippen molar-refractivity contribution >= 4 is 28.6 Å². The third-order valence-corrected chi connectivity index (χ3v) is 4.90. The Balaban J connectivity index is 1.83. The van der Waals surface area contributed by atoms with Crippen LogP contribution in [-0.4, -0.2) is 25.0 Å². The summed E-state index contributed by atoms with van der Waals surface area (Å²) >= 11 is 1.76. The van der Waals surface area contributed by atoms with Gasteiger partial charge in [0, 0.05) is 25.2 Å². The molecule has 110 valence electrons. The van der Waals surface area contributed by atoms with Gasteiger partial charge < -0.3 is 10.2 Å². The number of aromatic nitrogens is 1. The molecule has 0 unspecified atom stereocenters. The van der Waals surface area contributed by atoms with Gasteiger partial charge in [0.1, 0.15) is 0 Å². The average molecular weight is 301 g/mol. The van der Waals surface area contributed by atoms with Crippen molar-refractivity contribution in [3.8, 4) is 0 Å². The fourth-order valence-corrected chi connectivity index (χ4v) is 3.81. The molecule has 21 heavy (non-hydrogen) atoms. The van der Waals surface area contributed by atoms with E-state index in [0.717, 1.165) is 30.6 Å². The molecule has 2 heterocycles. The smallest absolute Gasteiger partial charge is 0.232 e. The Labute approximate surface area is 128 Å². The molecule has 0 fully saturated rings. The van der Waals surface area contributed by atoms with Crippen LogP contribution < -0.4 is 10.2 Å². The molecular weight excluding hydrogens is 282 g/mol. The molecule has 2 aromatic heterocycles. The quantitative estimate of drug-likeness (QED) is 0.946. The molecule has 0 bridgehead atoms. The molecule has 1 N–H and O–H groups in total. The van der Waals surface area contributed by atoms with E-state index in [2.05, 4.69) is 21.7 Å². The zero-order chi connectivity index (χ0) is 14.8. The fourth-order valence-electron chi connectivity index (χ4n) is 2.83. The van der Waals surface area contributed by atoms with Gasteiger partial charge in [0.25, 0.3) is 0 Å². The molecule has 5 heteroatoms. The standard InChI is InChI=1S/C16H19N3OS/c1-19(2)14-10-17-8-6-13(14)18-16(20)12-4-3-5-15-11(12)7-9-21-15/h6-10,12H,3-5H2,1-2H3,(H,17,18,20)/t12-/m0/s1. The minimum Gasteiger partial charge on any atom is -0.375 e. The van der Waals surface area contributed by atoms with E-state index in [9.17, 15) is 4.79 Å². The molecule has 0 aliphatic heterocycles. The highest BCUT2D eigenvalue weighted by Crippen LogP contribution is 2.36. The number of pyridine rings is 1. The number of carbonyl (C=O) groups excluding carboxylic acids is 1. The van der Waals surface area contributed by atoms with Crippen LogP contribution in [0.3, 0.4) is 0 Å². The van der Waals surface area contributed by atoms with Crippen LogP contribution in [0, 0.1) is 0 Å². The molecule has 0 saturated carbocycles. The van der Waals surface area contributed by atoms with Gasteiger partial charge in [-0.3, -0.25) is 9.78 Å². The van der Waals surface area contributed by atoms with Crippen molar-refractivity contribution in [2.75, 3.05) is 24.3 Å². The summed E-state index contributed by atoms with van der Waals surface area (Å²) in [4.78, 5) is 20.1. The van der Waals surface area contributed by atoms with Crippen LogP contribution in [0.25, 0.3) is 0 Å². The maximum atomic E-state index is 12.7. The van der Waals surface area contributed by atoms with Crippen LogP contribution in [0.15, 0.2) is 29.9 Å². The van der Waals surface area contributed by atoms with Gasteiger partial charge in [0.15, 0.2) is 0 Å². The Bertz CT molecular complexity index is 650. The lowest BCUT2D eigenvalue weighted by atomic mass is 9.87. The number of fused-ring (bicyclic) bond motifs is 1. The first-order valence-corrected chi connectivity index (χ1v) is 8.03. The van der Waals surface area contributed by atoms with Gasteiger partial charge in [-0.05, 0) is 42.3 Å². The second-order valence-corrected chi connectivity index (χ2v) is 6.52. The summed E-state index contributed by atoms with van der Waals surface area (Å²) in [5, 5.41) is 5.17. The first kappa shape index (κ1) is 14.1. The van der Waals surface area contributed by atoms with E-state index in [1.54, 1.807) is 23.7 Å². The molecule has 1 amide bonds. The Morgan fingerprint density at radius 1 is 1.43 bits per heavy atom. The number of nitrogens with one attached hydrogen (secondary N) is 1. The number of rotatable bonds is 3. The molecule has 2 aromatic rings. The lowest BCUT2D eigenvalue weighted by Crippen LogP contribution is -2.25. The van der Waals surface area contributed by atoms with Gasteiger partial charge in [-0.15, -0.1) is 11.3 Å². The normalized spacial score (nSPS) is 17.1. The number of aryl methyl sites for hydroxylation is 1. The highest BCUT2D eigenvalue weighted by molar-refractivity contribution is 7.10. The lowest BCUT2D eigenvalue weighted by Gasteiger charge is -2.23. The van der Waals surface area contributed by atoms with Crippen molar-refractivity contribution in [3.05, 3.63) is 40.3 Å². The molecule has 1 atom stereocenters. The maximum absolute atomic E-state index is 12.7. The highest BCUT2D eigenvalue weighted by Gasteiger charge is 2.27. The number of carbonyl (C=O) groups is 1. The van der Waals surface area contributed by atoms with Crippen LogP contribution in [0.2, 0.25) is 0 Å². The third-order valence-electron chi connectivity index (χ3n) is 3.91. The first-order valence-electron chi connectivity index (χ1n) is 7.15. The van der Waals surface area contributed by atoms with Crippen LogP contribution in [0.1, 0.15) is 29.2 Å². The van der Waals surface area contributed by atoms with E-state index >= 15 is 0 Å². The van der Waals surface area contributed by atoms with E-state index in [1.165, 1.54) is 10.4 Å². The van der Waals surface area contributed by atoms with Gasteiger partial charge >= 0.3 is 0 Å². The van der Waals surface area contributed by atoms with Gasteiger partial charge in [0.05, 0.1) is 23.5 Å². The number of amides is 1. The van der Waals surface area contributed by atoms with Crippen molar-refractivity contribution in [1.29, 1.82) is 0 Å². The molecule has 0 saturated heterocycles. The van der Waals surface area contributed by atoms with Crippen LogP contribution >= 0.6 is 11.3 Å². The number of nitrogens with zero attached hydrogens (tertiary/aromatic N) is 2. The summed E-state index contributed by atoms with van der Waals surface area (Å²) in [6, 6.07) is 3.95. The number of hydrogen-bond acceptors (Lipinski definition) is 4. The Hall–Kier alpha value is -1.88. The van der Waals surface area contributed by atoms with Gasteiger partial charge in [-0.2, -0.15) is 0 Å². The van der Waals surface area contributed by atoms with E-state index in [0.29, 0.717) is 0 Å². The summed E-state index contributed by atoms with van der Waals surface area (Å²) in [7, 11) is 3.90. The summed E-state index contributed by atoms with van der Waals surface area (Å²) in [5.41, 5.74) is 2.96. The van der Waals surface area contributed by atoms with Gasteiger partial charge in [0.2, 0.25) is 5.91 Å². The maximum Gasteiger partial charge on any atom is 0.232 e. The van der Waals surface area contributed by atoms with E-state index in [-0.39, 0.29) is 11.8 Å². The summed E-state index contributed by atoms with van der Waals surface area (Å²) in [5.74, 6) is 0.0619. The summed E-state index contributed by atoms with van der Waals surface area (Å²) in [6.07, 6.45) is 6.60. The van der Waals surface area contributed by atoms with Crippen molar-refractivity contribution in [1.82, 2.24) is 4.98 Å². The van der Waals surface area contributed by atoms with Crippen molar-refractivity contribution in [3.63, 3.8) is 0 Å². The Morgan fingerprint density at radius 3 is 3.10 bits per heavy atom. The van der Waals surface area contributed by atoms with Gasteiger partial charge in [-0.1, -0.05) is 0 Å².